The summed E-state index contributed by atoms with van der Waals surface area (Å²) in [5.41, 5.74) is 4.76. The van der Waals surface area contributed by atoms with Gasteiger partial charge in [-0.05, 0) is 42.2 Å². The average Bonchev–Trinajstić information content (AvgIpc) is 2.84. The molecule has 0 radical (unpaired) electrons. The highest BCUT2D eigenvalue weighted by atomic mass is 32.2. The fourth-order valence-corrected chi connectivity index (χ4v) is 5.41. The van der Waals surface area contributed by atoms with Gasteiger partial charge in [-0.2, -0.15) is 0 Å². The van der Waals surface area contributed by atoms with Gasteiger partial charge < -0.3 is 4.57 Å². The van der Waals surface area contributed by atoms with E-state index in [4.69, 9.17) is 4.98 Å². The maximum atomic E-state index is 12.8. The van der Waals surface area contributed by atoms with Gasteiger partial charge in [0.05, 0.1) is 17.0 Å². The molecule has 35 heavy (non-hydrogen) atoms. The van der Waals surface area contributed by atoms with Crippen LogP contribution in [-0.4, -0.2) is 23.9 Å². The zero-order valence-corrected chi connectivity index (χ0v) is 20.7. The molecule has 0 saturated carbocycles. The molecule has 0 saturated heterocycles. The smallest absolute Gasteiger partial charge is 0.264 e. The first-order valence-corrected chi connectivity index (χ1v) is 13.0. The molecule has 7 nitrogen and oxygen atoms in total. The lowest BCUT2D eigenvalue weighted by Gasteiger charge is -2.14. The molecule has 180 valence electrons. The minimum Gasteiger partial charge on any atom is -0.304 e. The summed E-state index contributed by atoms with van der Waals surface area (Å²) in [5.74, 6) is -0.650. The molecule has 2 aromatic heterocycles. The summed E-state index contributed by atoms with van der Waals surface area (Å²) in [6.45, 7) is 5.63. The Labute approximate surface area is 204 Å². The number of nitrogens with one attached hydrogen (secondary N) is 1. The molecule has 0 spiro atoms. The lowest BCUT2D eigenvalue weighted by atomic mass is 10.0. The van der Waals surface area contributed by atoms with Crippen molar-refractivity contribution in [3.05, 3.63) is 94.0 Å². The number of carbonyl (C=O) groups is 1. The van der Waals surface area contributed by atoms with Gasteiger partial charge in [0, 0.05) is 35.3 Å². The molecular weight excluding hydrogens is 462 g/mol. The number of hydrogen-bond acceptors (Lipinski definition) is 5. The van der Waals surface area contributed by atoms with E-state index < -0.39 is 15.9 Å². The topological polar surface area (TPSA) is 98.1 Å². The third-order valence-electron chi connectivity index (χ3n) is 5.88. The van der Waals surface area contributed by atoms with Gasteiger partial charge in [0.15, 0.2) is 0 Å². The van der Waals surface area contributed by atoms with Crippen LogP contribution in [0.2, 0.25) is 0 Å². The zero-order chi connectivity index (χ0) is 25.2. The van der Waals surface area contributed by atoms with Crippen molar-refractivity contribution in [2.75, 3.05) is 0 Å². The Balaban J connectivity index is 1.73. The van der Waals surface area contributed by atoms with Gasteiger partial charge in [-0.25, -0.2) is 13.1 Å². The lowest BCUT2D eigenvalue weighted by molar-refractivity contribution is -0.117. The molecule has 0 aliphatic carbocycles. The molecule has 4 aromatic rings. The van der Waals surface area contributed by atoms with Gasteiger partial charge in [0.1, 0.15) is 0 Å². The first-order valence-electron chi connectivity index (χ1n) is 11.5. The Kier molecular flexibility index (Phi) is 6.84. The molecule has 4 rings (SSSR count). The van der Waals surface area contributed by atoms with E-state index in [2.05, 4.69) is 6.92 Å². The van der Waals surface area contributed by atoms with Crippen molar-refractivity contribution in [1.29, 1.82) is 0 Å². The molecule has 0 aliphatic rings. The van der Waals surface area contributed by atoms with Crippen molar-refractivity contribution >= 4 is 26.8 Å². The van der Waals surface area contributed by atoms with Crippen molar-refractivity contribution in [2.45, 2.75) is 45.1 Å². The highest BCUT2D eigenvalue weighted by Crippen LogP contribution is 2.28. The standard InChI is InChI=1S/C27H27N3O4S/c1-4-21-16-25-23(24(5-2)28-21)14-15-27(32)30(25)17-19-10-12-20(13-11-19)22-8-6-7-9-26(22)35(33,34)29-18(3)31/h6-16H,4-5,17H2,1-3H3,(H,29,31). The van der Waals surface area contributed by atoms with Crippen LogP contribution in [0.3, 0.4) is 0 Å². The predicted molar refractivity (Wildman–Crippen MR) is 137 cm³/mol. The van der Waals surface area contributed by atoms with Crippen LogP contribution in [0.25, 0.3) is 22.0 Å². The van der Waals surface area contributed by atoms with E-state index in [0.717, 1.165) is 47.6 Å². The molecular formula is C27H27N3O4S. The van der Waals surface area contributed by atoms with Crippen LogP contribution in [0.15, 0.2) is 76.4 Å². The molecule has 0 fully saturated rings. The summed E-state index contributed by atoms with van der Waals surface area (Å²) in [6, 6.07) is 19.3. The van der Waals surface area contributed by atoms with Crippen LogP contribution in [0.1, 0.15) is 37.7 Å². The molecule has 0 atom stereocenters. The van der Waals surface area contributed by atoms with E-state index in [1.807, 2.05) is 48.0 Å². The van der Waals surface area contributed by atoms with E-state index in [-0.39, 0.29) is 10.5 Å². The van der Waals surface area contributed by atoms with Crippen LogP contribution < -0.4 is 10.3 Å². The van der Waals surface area contributed by atoms with Crippen LogP contribution in [0, 0.1) is 0 Å². The first kappa shape index (κ1) is 24.3. The number of benzene rings is 2. The molecule has 8 heteroatoms. The first-order chi connectivity index (χ1) is 16.7. The van der Waals surface area contributed by atoms with Gasteiger partial charge >= 0.3 is 0 Å². The fourth-order valence-electron chi connectivity index (χ4n) is 4.19. The number of carbonyl (C=O) groups excluding carboxylic acids is 1. The van der Waals surface area contributed by atoms with Gasteiger partial charge in [-0.3, -0.25) is 14.6 Å². The van der Waals surface area contributed by atoms with Crippen molar-refractivity contribution in [3.8, 4) is 11.1 Å². The Bertz CT molecular complexity index is 1570. The number of pyridine rings is 2. The summed E-state index contributed by atoms with van der Waals surface area (Å²) < 4.78 is 29.0. The summed E-state index contributed by atoms with van der Waals surface area (Å²) in [7, 11) is -3.99. The Morgan fingerprint density at radius 1 is 0.971 bits per heavy atom. The largest absolute Gasteiger partial charge is 0.304 e. The van der Waals surface area contributed by atoms with Gasteiger partial charge in [0.2, 0.25) is 5.91 Å². The number of sulfonamides is 1. The van der Waals surface area contributed by atoms with E-state index >= 15 is 0 Å². The minimum absolute atomic E-state index is 0.0277. The van der Waals surface area contributed by atoms with Gasteiger partial charge in [0.25, 0.3) is 15.6 Å². The van der Waals surface area contributed by atoms with E-state index in [9.17, 15) is 18.0 Å². The second kappa shape index (κ2) is 9.84. The number of aryl methyl sites for hydroxylation is 2. The number of fused-ring (bicyclic) bond motifs is 1. The third-order valence-corrected chi connectivity index (χ3v) is 7.37. The van der Waals surface area contributed by atoms with E-state index in [1.54, 1.807) is 28.8 Å². The maximum absolute atomic E-state index is 12.8. The summed E-state index contributed by atoms with van der Waals surface area (Å²) in [6.07, 6.45) is 1.56. The normalized spacial score (nSPS) is 11.5. The van der Waals surface area contributed by atoms with E-state index in [0.29, 0.717) is 17.7 Å². The Morgan fingerprint density at radius 2 is 1.69 bits per heavy atom. The SMILES string of the molecule is CCc1cc2c(ccc(=O)n2Cc2ccc(-c3ccccc3S(=O)(=O)NC(C)=O)cc2)c(CC)n1. The minimum atomic E-state index is -3.99. The number of aromatic nitrogens is 2. The van der Waals surface area contributed by atoms with E-state index in [1.165, 1.54) is 6.07 Å². The third kappa shape index (κ3) is 5.02. The van der Waals surface area contributed by atoms with Crippen LogP contribution in [-0.2, 0) is 34.2 Å². The van der Waals surface area contributed by atoms with Crippen LogP contribution in [0.4, 0.5) is 0 Å². The molecule has 0 unspecified atom stereocenters. The average molecular weight is 490 g/mol. The summed E-state index contributed by atoms with van der Waals surface area (Å²) in [4.78, 5) is 28.9. The van der Waals surface area contributed by atoms with Crippen molar-refractivity contribution in [2.24, 2.45) is 0 Å². The Hall–Kier alpha value is -3.78. The number of nitrogens with zero attached hydrogens (tertiary/aromatic N) is 2. The van der Waals surface area contributed by atoms with Crippen molar-refractivity contribution < 1.29 is 13.2 Å². The molecule has 2 aromatic carbocycles. The second-order valence-electron chi connectivity index (χ2n) is 8.31. The summed E-state index contributed by atoms with van der Waals surface area (Å²) >= 11 is 0. The number of hydrogen-bond donors (Lipinski definition) is 1. The molecule has 1 N–H and O–H groups in total. The molecule has 2 heterocycles. The van der Waals surface area contributed by atoms with Crippen molar-refractivity contribution in [1.82, 2.24) is 14.3 Å². The number of rotatable bonds is 7. The molecule has 1 amide bonds. The maximum Gasteiger partial charge on any atom is 0.264 e. The fraction of sp³-hybridized carbons (Fsp3) is 0.222. The quantitative estimate of drug-likeness (QED) is 0.422. The molecule has 0 bridgehead atoms. The monoisotopic (exact) mass is 489 g/mol. The molecule has 0 aliphatic heterocycles. The highest BCUT2D eigenvalue weighted by molar-refractivity contribution is 7.90. The summed E-state index contributed by atoms with van der Waals surface area (Å²) in [5, 5.41) is 0.970. The second-order valence-corrected chi connectivity index (χ2v) is 9.96. The predicted octanol–water partition coefficient (Wildman–Crippen LogP) is 4.06. The van der Waals surface area contributed by atoms with Crippen LogP contribution >= 0.6 is 0 Å². The number of amides is 1. The van der Waals surface area contributed by atoms with Crippen molar-refractivity contribution in [3.63, 3.8) is 0 Å². The lowest BCUT2D eigenvalue weighted by Crippen LogP contribution is -2.28. The highest BCUT2D eigenvalue weighted by Gasteiger charge is 2.20. The Morgan fingerprint density at radius 3 is 2.34 bits per heavy atom. The zero-order valence-electron chi connectivity index (χ0n) is 19.9. The van der Waals surface area contributed by atoms with Crippen LogP contribution in [0.5, 0.6) is 0 Å². The van der Waals surface area contributed by atoms with Gasteiger partial charge in [-0.15, -0.1) is 0 Å². The van der Waals surface area contributed by atoms with Gasteiger partial charge in [-0.1, -0.05) is 56.3 Å².